The summed E-state index contributed by atoms with van der Waals surface area (Å²) >= 11 is 0. The first kappa shape index (κ1) is 16.7. The van der Waals surface area contributed by atoms with E-state index in [1.165, 1.54) is 32.2 Å². The summed E-state index contributed by atoms with van der Waals surface area (Å²) in [6.45, 7) is 7.07. The van der Waals surface area contributed by atoms with E-state index >= 15 is 0 Å². The molecule has 0 spiro atoms. The van der Waals surface area contributed by atoms with Gasteiger partial charge in [-0.1, -0.05) is 19.8 Å². The molecule has 0 aromatic heterocycles. The van der Waals surface area contributed by atoms with Crippen LogP contribution < -0.4 is 0 Å². The summed E-state index contributed by atoms with van der Waals surface area (Å²) < 4.78 is 5.79. The van der Waals surface area contributed by atoms with Crippen LogP contribution >= 0.6 is 0 Å². The molecule has 1 saturated heterocycles. The zero-order chi connectivity index (χ0) is 15.2. The summed E-state index contributed by atoms with van der Waals surface area (Å²) in [6.07, 6.45) is 5.64. The minimum absolute atomic E-state index is 0.0833. The number of carbonyl (C=O) groups is 1. The number of aliphatic carboxylic acids is 1. The van der Waals surface area contributed by atoms with Crippen molar-refractivity contribution in [3.63, 3.8) is 0 Å². The van der Waals surface area contributed by atoms with E-state index in [1.54, 1.807) is 0 Å². The lowest BCUT2D eigenvalue weighted by Crippen LogP contribution is -2.49. The average Bonchev–Trinajstić information content (AvgIpc) is 2.37. The van der Waals surface area contributed by atoms with E-state index in [0.29, 0.717) is 6.54 Å². The van der Waals surface area contributed by atoms with Gasteiger partial charge in [0, 0.05) is 26.2 Å². The van der Waals surface area contributed by atoms with Crippen molar-refractivity contribution in [3.05, 3.63) is 0 Å². The minimum Gasteiger partial charge on any atom is -0.480 e. The molecule has 0 amide bonds. The van der Waals surface area contributed by atoms with Crippen LogP contribution in [0.1, 0.15) is 32.6 Å². The molecule has 1 N–H and O–H groups in total. The molecule has 2 aliphatic rings. The molecule has 2 fully saturated rings. The van der Waals surface area contributed by atoms with Crippen molar-refractivity contribution in [1.29, 1.82) is 0 Å². The molecule has 2 rings (SSSR count). The van der Waals surface area contributed by atoms with Gasteiger partial charge in [-0.3, -0.25) is 14.6 Å². The Morgan fingerprint density at radius 2 is 2.24 bits per heavy atom. The zero-order valence-electron chi connectivity index (χ0n) is 13.5. The van der Waals surface area contributed by atoms with E-state index in [0.717, 1.165) is 31.5 Å². The number of likely N-dealkylation sites (N-methyl/N-ethyl adjacent to an activating group) is 1. The van der Waals surface area contributed by atoms with E-state index < -0.39 is 5.97 Å². The van der Waals surface area contributed by atoms with Crippen LogP contribution in [-0.2, 0) is 9.53 Å². The standard InChI is InChI=1S/C16H30N2O3/c1-13-4-3-5-14(8-13)9-18-6-7-21-15(11-18)10-17(2)12-16(19)20/h13-15H,3-12H2,1-2H3,(H,19,20). The highest BCUT2D eigenvalue weighted by Gasteiger charge is 2.26. The van der Waals surface area contributed by atoms with Crippen molar-refractivity contribution in [1.82, 2.24) is 9.80 Å². The monoisotopic (exact) mass is 298 g/mol. The van der Waals surface area contributed by atoms with E-state index in [4.69, 9.17) is 9.84 Å². The summed E-state index contributed by atoms with van der Waals surface area (Å²) in [5.74, 6) is 0.938. The second-order valence-electron chi connectivity index (χ2n) is 6.98. The lowest BCUT2D eigenvalue weighted by Gasteiger charge is -2.38. The summed E-state index contributed by atoms with van der Waals surface area (Å²) in [7, 11) is 1.85. The summed E-state index contributed by atoms with van der Waals surface area (Å²) in [4.78, 5) is 15.1. The summed E-state index contributed by atoms with van der Waals surface area (Å²) in [5, 5.41) is 8.81. The molecule has 5 heteroatoms. The van der Waals surface area contributed by atoms with Crippen molar-refractivity contribution >= 4 is 5.97 Å². The Morgan fingerprint density at radius 1 is 1.43 bits per heavy atom. The van der Waals surface area contributed by atoms with Crippen LogP contribution in [-0.4, -0.2) is 73.4 Å². The van der Waals surface area contributed by atoms with Crippen LogP contribution in [0.3, 0.4) is 0 Å². The quantitative estimate of drug-likeness (QED) is 0.806. The third-order valence-electron chi connectivity index (χ3n) is 4.70. The van der Waals surface area contributed by atoms with E-state index in [2.05, 4.69) is 11.8 Å². The Balaban J connectivity index is 1.73. The smallest absolute Gasteiger partial charge is 0.317 e. The highest BCUT2D eigenvalue weighted by molar-refractivity contribution is 5.68. The summed E-state index contributed by atoms with van der Waals surface area (Å²) in [5.41, 5.74) is 0. The van der Waals surface area contributed by atoms with Gasteiger partial charge >= 0.3 is 5.97 Å². The van der Waals surface area contributed by atoms with Gasteiger partial charge in [0.25, 0.3) is 0 Å². The lowest BCUT2D eigenvalue weighted by atomic mass is 9.82. The Morgan fingerprint density at radius 3 is 2.95 bits per heavy atom. The average molecular weight is 298 g/mol. The molecule has 1 aliphatic carbocycles. The lowest BCUT2D eigenvalue weighted by molar-refractivity contribution is -0.138. The maximum atomic E-state index is 10.7. The first-order chi connectivity index (χ1) is 10.0. The van der Waals surface area contributed by atoms with Gasteiger partial charge in [0.1, 0.15) is 0 Å². The Kier molecular flexibility index (Phi) is 6.45. The van der Waals surface area contributed by atoms with Crippen molar-refractivity contribution < 1.29 is 14.6 Å². The molecule has 5 nitrogen and oxygen atoms in total. The van der Waals surface area contributed by atoms with Gasteiger partial charge in [-0.25, -0.2) is 0 Å². The normalized spacial score (nSPS) is 31.5. The zero-order valence-corrected chi connectivity index (χ0v) is 13.5. The highest BCUT2D eigenvalue weighted by Crippen LogP contribution is 2.29. The third kappa shape index (κ3) is 5.93. The number of carboxylic acid groups (broad SMARTS) is 1. The SMILES string of the molecule is CC1CCCC(CN2CCOC(CN(C)CC(=O)O)C2)C1. The molecule has 0 radical (unpaired) electrons. The third-order valence-corrected chi connectivity index (χ3v) is 4.70. The predicted octanol–water partition coefficient (Wildman–Crippen LogP) is 1.53. The van der Waals surface area contributed by atoms with Crippen LogP contribution in [0.15, 0.2) is 0 Å². The van der Waals surface area contributed by atoms with Gasteiger partial charge in [0.05, 0.1) is 19.3 Å². The van der Waals surface area contributed by atoms with E-state index in [1.807, 2.05) is 11.9 Å². The number of rotatable bonds is 6. The van der Waals surface area contributed by atoms with Crippen LogP contribution in [0.25, 0.3) is 0 Å². The molecule has 21 heavy (non-hydrogen) atoms. The summed E-state index contributed by atoms with van der Waals surface area (Å²) in [6, 6.07) is 0. The Labute approximate surface area is 128 Å². The number of hydrogen-bond donors (Lipinski definition) is 1. The molecule has 1 saturated carbocycles. The van der Waals surface area contributed by atoms with Crippen molar-refractivity contribution in [2.75, 3.05) is 46.4 Å². The number of carboxylic acids is 1. The van der Waals surface area contributed by atoms with Crippen LogP contribution in [0.5, 0.6) is 0 Å². The van der Waals surface area contributed by atoms with Gasteiger partial charge in [-0.05, 0) is 31.7 Å². The Hall–Kier alpha value is -0.650. The Bertz CT molecular complexity index is 337. The molecular weight excluding hydrogens is 268 g/mol. The second-order valence-corrected chi connectivity index (χ2v) is 6.98. The van der Waals surface area contributed by atoms with Crippen molar-refractivity contribution in [2.24, 2.45) is 11.8 Å². The number of morpholine rings is 1. The maximum absolute atomic E-state index is 10.7. The number of nitrogens with zero attached hydrogens (tertiary/aromatic N) is 2. The first-order valence-corrected chi connectivity index (χ1v) is 8.27. The first-order valence-electron chi connectivity index (χ1n) is 8.27. The molecule has 0 aromatic rings. The minimum atomic E-state index is -0.777. The molecule has 1 heterocycles. The van der Waals surface area contributed by atoms with Gasteiger partial charge < -0.3 is 9.84 Å². The van der Waals surface area contributed by atoms with Gasteiger partial charge in [0.2, 0.25) is 0 Å². The largest absolute Gasteiger partial charge is 0.480 e. The fourth-order valence-corrected chi connectivity index (χ4v) is 3.79. The van der Waals surface area contributed by atoms with E-state index in [9.17, 15) is 4.79 Å². The molecule has 1 aliphatic heterocycles. The van der Waals surface area contributed by atoms with E-state index in [-0.39, 0.29) is 12.6 Å². The van der Waals surface area contributed by atoms with Gasteiger partial charge in [-0.15, -0.1) is 0 Å². The van der Waals surface area contributed by atoms with Gasteiger partial charge in [-0.2, -0.15) is 0 Å². The molecular formula is C16H30N2O3. The molecule has 3 unspecified atom stereocenters. The molecule has 0 bridgehead atoms. The molecule has 3 atom stereocenters. The topological polar surface area (TPSA) is 53.0 Å². The van der Waals surface area contributed by atoms with Gasteiger partial charge in [0.15, 0.2) is 0 Å². The van der Waals surface area contributed by atoms with Crippen LogP contribution in [0.4, 0.5) is 0 Å². The maximum Gasteiger partial charge on any atom is 0.317 e. The fourth-order valence-electron chi connectivity index (χ4n) is 3.79. The predicted molar refractivity (Wildman–Crippen MR) is 82.4 cm³/mol. The fraction of sp³-hybridized carbons (Fsp3) is 0.938. The van der Waals surface area contributed by atoms with Crippen molar-refractivity contribution in [2.45, 2.75) is 38.7 Å². The molecule has 0 aromatic carbocycles. The number of ether oxygens (including phenoxy) is 1. The second kappa shape index (κ2) is 8.11. The molecule has 122 valence electrons. The highest BCUT2D eigenvalue weighted by atomic mass is 16.5. The van der Waals surface area contributed by atoms with Crippen LogP contribution in [0, 0.1) is 11.8 Å². The number of hydrogen-bond acceptors (Lipinski definition) is 4. The van der Waals surface area contributed by atoms with Crippen molar-refractivity contribution in [3.8, 4) is 0 Å². The van der Waals surface area contributed by atoms with Crippen LogP contribution in [0.2, 0.25) is 0 Å².